The Kier molecular flexibility index (Phi) is 3.05. The van der Waals surface area contributed by atoms with Crippen LogP contribution in [0.15, 0.2) is 4.52 Å². The molecular weight excluding hydrogens is 233 g/mol. The van der Waals surface area contributed by atoms with Gasteiger partial charge in [0, 0.05) is 11.5 Å². The van der Waals surface area contributed by atoms with Gasteiger partial charge >= 0.3 is 6.18 Å². The summed E-state index contributed by atoms with van der Waals surface area (Å²) in [6.07, 6.45) is -2.74. The fourth-order valence-electron chi connectivity index (χ4n) is 2.44. The lowest BCUT2D eigenvalue weighted by Gasteiger charge is -2.28. The molecule has 0 saturated heterocycles. The summed E-state index contributed by atoms with van der Waals surface area (Å²) in [6.45, 7) is 1.79. The van der Waals surface area contributed by atoms with Crippen molar-refractivity contribution >= 4 is 5.88 Å². The van der Waals surface area contributed by atoms with Crippen molar-refractivity contribution in [3.8, 4) is 0 Å². The fraction of sp³-hybridized carbons (Fsp3) is 0.727. The van der Waals surface area contributed by atoms with E-state index >= 15 is 0 Å². The van der Waals surface area contributed by atoms with Gasteiger partial charge in [-0.15, -0.1) is 0 Å². The predicted molar refractivity (Wildman–Crippen MR) is 56.4 cm³/mol. The molecule has 1 aromatic rings. The van der Waals surface area contributed by atoms with Crippen molar-refractivity contribution in [1.29, 1.82) is 0 Å². The van der Waals surface area contributed by atoms with Gasteiger partial charge in [-0.3, -0.25) is 0 Å². The molecule has 2 rings (SSSR count). The highest BCUT2D eigenvalue weighted by molar-refractivity contribution is 5.39. The van der Waals surface area contributed by atoms with Gasteiger partial charge in [-0.25, -0.2) is 0 Å². The van der Waals surface area contributed by atoms with Gasteiger partial charge in [0.25, 0.3) is 0 Å². The molecule has 2 N–H and O–H groups in total. The third-order valence-electron chi connectivity index (χ3n) is 3.57. The van der Waals surface area contributed by atoms with Crippen LogP contribution in [0.3, 0.4) is 0 Å². The van der Waals surface area contributed by atoms with E-state index < -0.39 is 12.1 Å². The minimum atomic E-state index is -4.07. The molecule has 0 bridgehead atoms. The molecular formula is C11H15F3N2O. The van der Waals surface area contributed by atoms with E-state index in [0.29, 0.717) is 12.8 Å². The number of nitrogen functional groups attached to an aromatic ring is 1. The number of aromatic nitrogens is 1. The summed E-state index contributed by atoms with van der Waals surface area (Å²) in [5.74, 6) is -0.851. The standard InChI is InChI=1S/C11H15F3N2O/c1-6-9(16-17-10(6)15)7-2-4-8(5-3-7)11(12,13)14/h7-8H,2-5,15H2,1H3. The van der Waals surface area contributed by atoms with Crippen LogP contribution < -0.4 is 5.73 Å². The molecule has 0 amide bonds. The van der Waals surface area contributed by atoms with Crippen LogP contribution in [0.25, 0.3) is 0 Å². The maximum absolute atomic E-state index is 12.5. The van der Waals surface area contributed by atoms with Gasteiger partial charge in [0.2, 0.25) is 5.88 Å². The van der Waals surface area contributed by atoms with Gasteiger partial charge in [0.1, 0.15) is 0 Å². The van der Waals surface area contributed by atoms with Gasteiger partial charge in [0.15, 0.2) is 0 Å². The Morgan fingerprint density at radius 2 is 1.82 bits per heavy atom. The van der Waals surface area contributed by atoms with Crippen molar-refractivity contribution in [3.63, 3.8) is 0 Å². The van der Waals surface area contributed by atoms with Gasteiger partial charge in [-0.2, -0.15) is 13.2 Å². The number of hydrogen-bond donors (Lipinski definition) is 1. The number of alkyl halides is 3. The fourth-order valence-corrected chi connectivity index (χ4v) is 2.44. The molecule has 1 aliphatic rings. The molecule has 0 radical (unpaired) electrons. The van der Waals surface area contributed by atoms with Crippen molar-refractivity contribution in [2.75, 3.05) is 5.73 Å². The average molecular weight is 248 g/mol. The molecule has 1 saturated carbocycles. The molecule has 0 aromatic carbocycles. The van der Waals surface area contributed by atoms with E-state index in [1.807, 2.05) is 0 Å². The molecule has 96 valence electrons. The molecule has 1 fully saturated rings. The molecule has 1 aliphatic carbocycles. The monoisotopic (exact) mass is 248 g/mol. The second-order valence-electron chi connectivity index (χ2n) is 4.65. The van der Waals surface area contributed by atoms with E-state index in [0.717, 1.165) is 11.3 Å². The number of nitrogens with two attached hydrogens (primary N) is 1. The number of hydrogen-bond acceptors (Lipinski definition) is 3. The Balaban J connectivity index is 2.02. The number of halogens is 3. The normalized spacial score (nSPS) is 26.1. The molecule has 0 aliphatic heterocycles. The largest absolute Gasteiger partial charge is 0.391 e. The average Bonchev–Trinajstić information content (AvgIpc) is 2.59. The summed E-state index contributed by atoms with van der Waals surface area (Å²) < 4.78 is 42.3. The van der Waals surface area contributed by atoms with Gasteiger partial charge < -0.3 is 10.3 Å². The minimum absolute atomic E-state index is 0.0506. The summed E-state index contributed by atoms with van der Waals surface area (Å²) >= 11 is 0. The third-order valence-corrected chi connectivity index (χ3v) is 3.57. The van der Waals surface area contributed by atoms with Crippen LogP contribution in [0.4, 0.5) is 19.1 Å². The third kappa shape index (κ3) is 2.40. The first-order valence-corrected chi connectivity index (χ1v) is 5.68. The highest BCUT2D eigenvalue weighted by atomic mass is 19.4. The Morgan fingerprint density at radius 1 is 1.24 bits per heavy atom. The van der Waals surface area contributed by atoms with Crippen LogP contribution in [0.1, 0.15) is 42.9 Å². The Bertz CT molecular complexity index is 392. The SMILES string of the molecule is Cc1c(C2CCC(C(F)(F)F)CC2)noc1N. The van der Waals surface area contributed by atoms with Gasteiger partial charge in [-0.1, -0.05) is 5.16 Å². The second-order valence-corrected chi connectivity index (χ2v) is 4.65. The van der Waals surface area contributed by atoms with Crippen LogP contribution in [-0.4, -0.2) is 11.3 Å². The quantitative estimate of drug-likeness (QED) is 0.828. The Morgan fingerprint density at radius 3 is 2.24 bits per heavy atom. The summed E-state index contributed by atoms with van der Waals surface area (Å²) in [5.41, 5.74) is 7.02. The first kappa shape index (κ1) is 12.3. The van der Waals surface area contributed by atoms with Crippen LogP contribution in [0, 0.1) is 12.8 Å². The van der Waals surface area contributed by atoms with E-state index in [4.69, 9.17) is 10.3 Å². The zero-order valence-electron chi connectivity index (χ0n) is 9.55. The molecule has 6 heteroatoms. The lowest BCUT2D eigenvalue weighted by atomic mass is 9.79. The lowest BCUT2D eigenvalue weighted by Crippen LogP contribution is -2.27. The summed E-state index contributed by atoms with van der Waals surface area (Å²) in [6, 6.07) is 0. The molecule has 0 atom stereocenters. The van der Waals surface area contributed by atoms with Crippen molar-refractivity contribution < 1.29 is 17.7 Å². The van der Waals surface area contributed by atoms with E-state index in [2.05, 4.69) is 5.16 Å². The number of anilines is 1. The topological polar surface area (TPSA) is 52.0 Å². The minimum Gasteiger partial charge on any atom is -0.367 e. The maximum atomic E-state index is 12.5. The number of nitrogens with zero attached hydrogens (tertiary/aromatic N) is 1. The lowest BCUT2D eigenvalue weighted by molar-refractivity contribution is -0.182. The summed E-state index contributed by atoms with van der Waals surface area (Å²) in [4.78, 5) is 0. The van der Waals surface area contributed by atoms with Crippen LogP contribution in [-0.2, 0) is 0 Å². The highest BCUT2D eigenvalue weighted by Gasteiger charge is 2.42. The summed E-state index contributed by atoms with van der Waals surface area (Å²) in [5, 5.41) is 3.84. The molecule has 0 spiro atoms. The second kappa shape index (κ2) is 4.23. The molecule has 3 nitrogen and oxygen atoms in total. The number of rotatable bonds is 1. The van der Waals surface area contributed by atoms with Gasteiger partial charge in [-0.05, 0) is 32.6 Å². The maximum Gasteiger partial charge on any atom is 0.391 e. The van der Waals surface area contributed by atoms with Gasteiger partial charge in [0.05, 0.1) is 11.6 Å². The first-order valence-electron chi connectivity index (χ1n) is 5.68. The summed E-state index contributed by atoms with van der Waals surface area (Å²) in [7, 11) is 0. The first-order chi connectivity index (χ1) is 7.89. The molecule has 17 heavy (non-hydrogen) atoms. The molecule has 0 unspecified atom stereocenters. The van der Waals surface area contributed by atoms with Crippen molar-refractivity contribution in [3.05, 3.63) is 11.3 Å². The van der Waals surface area contributed by atoms with Crippen molar-refractivity contribution in [1.82, 2.24) is 5.16 Å². The Labute approximate surface area is 97.1 Å². The molecule has 1 heterocycles. The van der Waals surface area contributed by atoms with E-state index in [1.165, 1.54) is 0 Å². The zero-order chi connectivity index (χ0) is 12.6. The van der Waals surface area contributed by atoms with E-state index in [9.17, 15) is 13.2 Å². The molecule has 1 aromatic heterocycles. The van der Waals surface area contributed by atoms with E-state index in [1.54, 1.807) is 6.92 Å². The van der Waals surface area contributed by atoms with Crippen LogP contribution >= 0.6 is 0 Å². The van der Waals surface area contributed by atoms with Crippen LogP contribution in [0.2, 0.25) is 0 Å². The van der Waals surface area contributed by atoms with E-state index in [-0.39, 0.29) is 24.6 Å². The smallest absolute Gasteiger partial charge is 0.367 e. The van der Waals surface area contributed by atoms with Crippen molar-refractivity contribution in [2.24, 2.45) is 5.92 Å². The van der Waals surface area contributed by atoms with Crippen LogP contribution in [0.5, 0.6) is 0 Å². The van der Waals surface area contributed by atoms with Crippen molar-refractivity contribution in [2.45, 2.75) is 44.7 Å². The highest BCUT2D eigenvalue weighted by Crippen LogP contribution is 2.43. The zero-order valence-corrected chi connectivity index (χ0v) is 9.55. The predicted octanol–water partition coefficient (Wildman–Crippen LogP) is 3.40. The Hall–Kier alpha value is -1.20.